The molecule has 39 heavy (non-hydrogen) atoms. The van der Waals surface area contributed by atoms with Crippen molar-refractivity contribution in [2.45, 2.75) is 167 Å². The van der Waals surface area contributed by atoms with E-state index in [1.807, 2.05) is 0 Å². The predicted octanol–water partition coefficient (Wildman–Crippen LogP) is 5.27. The molecule has 8 nitrogen and oxygen atoms in total. The summed E-state index contributed by atoms with van der Waals surface area (Å²) >= 11 is 0. The van der Waals surface area contributed by atoms with Crippen LogP contribution in [-0.2, 0) is 23.9 Å². The highest BCUT2D eigenvalue weighted by Crippen LogP contribution is 2.31. The van der Waals surface area contributed by atoms with Gasteiger partial charge in [0.15, 0.2) is 0 Å². The summed E-state index contributed by atoms with van der Waals surface area (Å²) in [4.78, 5) is 40.6. The Morgan fingerprint density at radius 3 is 1.38 bits per heavy atom. The number of hydrogen-bond donors (Lipinski definition) is 2. The van der Waals surface area contributed by atoms with E-state index in [0.717, 1.165) is 19.3 Å². The number of rotatable bonds is 13. The van der Waals surface area contributed by atoms with Gasteiger partial charge in [-0.2, -0.15) is 0 Å². The topological polar surface area (TPSA) is 97.0 Å². The molecular weight excluding hydrogens is 494 g/mol. The lowest BCUT2D eigenvalue weighted by Crippen LogP contribution is -2.60. The standard InChI is InChI=1S/C31H57N3O5/c1-10-11-12-13-14-15-16-25(35)34(21-26(36)38-23-17-28(2,3)32-29(4,5)18-23)22-27(37)39-24-19-30(6,7)33-31(8,9)20-24/h23-24,32-33H,10-22H2,1-9H3. The lowest BCUT2D eigenvalue weighted by Gasteiger charge is -2.46. The first-order valence-corrected chi connectivity index (χ1v) is 15.2. The van der Waals surface area contributed by atoms with Crippen LogP contribution >= 0.6 is 0 Å². The molecule has 0 spiro atoms. The third-order valence-corrected chi connectivity index (χ3v) is 7.64. The Kier molecular flexibility index (Phi) is 11.9. The molecule has 2 rings (SSSR count). The maximum atomic E-state index is 13.2. The van der Waals surface area contributed by atoms with E-state index in [-0.39, 0.29) is 53.4 Å². The van der Waals surface area contributed by atoms with Crippen LogP contribution in [0.2, 0.25) is 0 Å². The van der Waals surface area contributed by atoms with Crippen molar-refractivity contribution in [3.63, 3.8) is 0 Å². The minimum Gasteiger partial charge on any atom is -0.461 e. The van der Waals surface area contributed by atoms with Crippen molar-refractivity contribution in [3.05, 3.63) is 0 Å². The fourth-order valence-corrected chi connectivity index (χ4v) is 6.83. The summed E-state index contributed by atoms with van der Waals surface area (Å²) in [5, 5.41) is 7.18. The molecular formula is C31H57N3O5. The van der Waals surface area contributed by atoms with Gasteiger partial charge in [0.25, 0.3) is 0 Å². The molecule has 0 radical (unpaired) electrons. The number of nitrogens with one attached hydrogen (secondary N) is 2. The molecule has 0 aliphatic carbocycles. The normalized spacial score (nSPS) is 22.2. The number of unbranched alkanes of at least 4 members (excludes halogenated alkanes) is 5. The fourth-order valence-electron chi connectivity index (χ4n) is 6.83. The first-order chi connectivity index (χ1) is 17.9. The number of ether oxygens (including phenoxy) is 2. The molecule has 2 aliphatic heterocycles. The van der Waals surface area contributed by atoms with E-state index in [4.69, 9.17) is 9.47 Å². The van der Waals surface area contributed by atoms with Crippen LogP contribution in [0, 0.1) is 0 Å². The number of hydrogen-bond acceptors (Lipinski definition) is 7. The van der Waals surface area contributed by atoms with Gasteiger partial charge >= 0.3 is 11.9 Å². The van der Waals surface area contributed by atoms with Crippen molar-refractivity contribution < 1.29 is 23.9 Å². The summed E-state index contributed by atoms with van der Waals surface area (Å²) in [6, 6.07) is 0. The van der Waals surface area contributed by atoms with Crippen LogP contribution in [0.15, 0.2) is 0 Å². The van der Waals surface area contributed by atoms with Gasteiger partial charge in [-0.3, -0.25) is 14.4 Å². The van der Waals surface area contributed by atoms with E-state index in [1.54, 1.807) is 0 Å². The Hall–Kier alpha value is -1.67. The van der Waals surface area contributed by atoms with Crippen LogP contribution in [-0.4, -0.2) is 70.2 Å². The molecule has 0 aromatic rings. The molecule has 0 saturated carbocycles. The van der Waals surface area contributed by atoms with Gasteiger partial charge in [0.05, 0.1) is 0 Å². The van der Waals surface area contributed by atoms with Crippen molar-refractivity contribution >= 4 is 17.8 Å². The average molecular weight is 552 g/mol. The molecule has 0 bridgehead atoms. The smallest absolute Gasteiger partial charge is 0.325 e. The lowest BCUT2D eigenvalue weighted by atomic mass is 9.81. The zero-order valence-corrected chi connectivity index (χ0v) is 26.3. The minimum atomic E-state index is -0.471. The minimum absolute atomic E-state index is 0.166. The SMILES string of the molecule is CCCCCCCCC(=O)N(CC(=O)OC1CC(C)(C)NC(C)(C)C1)CC(=O)OC1CC(C)(C)NC(C)(C)C1. The first-order valence-electron chi connectivity index (χ1n) is 15.2. The molecule has 2 heterocycles. The van der Waals surface area contributed by atoms with Gasteiger partial charge in [-0.25, -0.2) is 0 Å². The second-order valence-corrected chi connectivity index (χ2v) is 14.6. The van der Waals surface area contributed by atoms with Gasteiger partial charge in [0, 0.05) is 54.3 Å². The maximum absolute atomic E-state index is 13.2. The van der Waals surface area contributed by atoms with Crippen LogP contribution in [0.5, 0.6) is 0 Å². The number of amides is 1. The van der Waals surface area contributed by atoms with E-state index in [0.29, 0.717) is 32.1 Å². The summed E-state index contributed by atoms with van der Waals surface area (Å²) in [5.74, 6) is -1.14. The molecule has 2 saturated heterocycles. The highest BCUT2D eigenvalue weighted by atomic mass is 16.6. The molecule has 0 atom stereocenters. The highest BCUT2D eigenvalue weighted by molar-refractivity contribution is 5.86. The Morgan fingerprint density at radius 1 is 0.641 bits per heavy atom. The van der Waals surface area contributed by atoms with E-state index in [9.17, 15) is 14.4 Å². The summed E-state index contributed by atoms with van der Waals surface area (Å²) < 4.78 is 11.7. The van der Waals surface area contributed by atoms with Crippen LogP contribution < -0.4 is 10.6 Å². The van der Waals surface area contributed by atoms with Crippen LogP contribution in [0.3, 0.4) is 0 Å². The second kappa shape index (κ2) is 13.8. The van der Waals surface area contributed by atoms with Crippen LogP contribution in [0.25, 0.3) is 0 Å². The van der Waals surface area contributed by atoms with Crippen molar-refractivity contribution in [2.75, 3.05) is 13.1 Å². The van der Waals surface area contributed by atoms with Gasteiger partial charge in [0.2, 0.25) is 5.91 Å². The highest BCUT2D eigenvalue weighted by Gasteiger charge is 2.41. The van der Waals surface area contributed by atoms with E-state index in [2.05, 4.69) is 72.9 Å². The maximum Gasteiger partial charge on any atom is 0.325 e. The largest absolute Gasteiger partial charge is 0.461 e. The number of carbonyl (C=O) groups is 3. The van der Waals surface area contributed by atoms with Gasteiger partial charge in [-0.05, 0) is 61.8 Å². The van der Waals surface area contributed by atoms with Gasteiger partial charge in [0.1, 0.15) is 25.3 Å². The summed E-state index contributed by atoms with van der Waals surface area (Å²) in [7, 11) is 0. The Bertz CT molecular complexity index is 750. The molecule has 0 aromatic heterocycles. The fraction of sp³-hybridized carbons (Fsp3) is 0.903. The molecule has 8 heteroatoms. The Labute approximate surface area is 237 Å². The van der Waals surface area contributed by atoms with E-state index >= 15 is 0 Å². The molecule has 1 amide bonds. The van der Waals surface area contributed by atoms with Crippen molar-refractivity contribution in [3.8, 4) is 0 Å². The number of nitrogens with zero attached hydrogens (tertiary/aromatic N) is 1. The van der Waals surface area contributed by atoms with Crippen molar-refractivity contribution in [1.29, 1.82) is 0 Å². The van der Waals surface area contributed by atoms with Crippen LogP contribution in [0.4, 0.5) is 0 Å². The third kappa shape index (κ3) is 12.6. The summed E-state index contributed by atoms with van der Waals surface area (Å²) in [5.41, 5.74) is -0.666. The molecule has 0 unspecified atom stereocenters. The molecule has 2 fully saturated rings. The first kappa shape index (κ1) is 33.5. The summed E-state index contributed by atoms with van der Waals surface area (Å²) in [6.07, 6.45) is 8.93. The van der Waals surface area contributed by atoms with Crippen molar-refractivity contribution in [2.24, 2.45) is 0 Å². The Balaban J connectivity index is 2.01. The van der Waals surface area contributed by atoms with Gasteiger partial charge in [-0.15, -0.1) is 0 Å². The number of esters is 2. The number of carbonyl (C=O) groups excluding carboxylic acids is 3. The van der Waals surface area contributed by atoms with Gasteiger partial charge < -0.3 is 25.0 Å². The monoisotopic (exact) mass is 551 g/mol. The third-order valence-electron chi connectivity index (χ3n) is 7.64. The average Bonchev–Trinajstić information content (AvgIpc) is 2.70. The second-order valence-electron chi connectivity index (χ2n) is 14.6. The zero-order chi connectivity index (χ0) is 29.5. The predicted molar refractivity (Wildman–Crippen MR) is 155 cm³/mol. The lowest BCUT2D eigenvalue weighted by molar-refractivity contribution is -0.162. The molecule has 226 valence electrons. The quantitative estimate of drug-likeness (QED) is 0.238. The van der Waals surface area contributed by atoms with E-state index in [1.165, 1.54) is 24.2 Å². The van der Waals surface area contributed by atoms with Crippen molar-refractivity contribution in [1.82, 2.24) is 15.5 Å². The van der Waals surface area contributed by atoms with Gasteiger partial charge in [-0.1, -0.05) is 39.0 Å². The molecule has 0 aromatic carbocycles. The van der Waals surface area contributed by atoms with E-state index < -0.39 is 11.9 Å². The summed E-state index contributed by atoms with van der Waals surface area (Å²) in [6.45, 7) is 18.5. The molecule has 2 aliphatic rings. The zero-order valence-electron chi connectivity index (χ0n) is 26.3. The van der Waals surface area contributed by atoms with Crippen LogP contribution in [0.1, 0.15) is 133 Å². The number of piperidine rings is 2. The molecule has 2 N–H and O–H groups in total. The Morgan fingerprint density at radius 2 is 1.00 bits per heavy atom.